The molecular weight excluding hydrogens is 232 g/mol. The molecule has 0 amide bonds. The van der Waals surface area contributed by atoms with Gasteiger partial charge in [0.15, 0.2) is 5.78 Å². The maximum absolute atomic E-state index is 12.1. The number of aryl methyl sites for hydroxylation is 1. The van der Waals surface area contributed by atoms with Gasteiger partial charge in [0.2, 0.25) is 0 Å². The Balaban J connectivity index is 3.22. The molecule has 1 unspecified atom stereocenters. The summed E-state index contributed by atoms with van der Waals surface area (Å²) in [5.41, 5.74) is 0.730. The normalized spacial score (nSPS) is 11.9. The summed E-state index contributed by atoms with van der Waals surface area (Å²) < 4.78 is 0. The molecule has 0 saturated carbocycles. The molecule has 1 aromatic rings. The third-order valence-corrected chi connectivity index (χ3v) is 2.65. The molecule has 0 aliphatic heterocycles. The summed E-state index contributed by atoms with van der Waals surface area (Å²) in [5, 5.41) is 19.7. The highest BCUT2D eigenvalue weighted by molar-refractivity contribution is 6.00. The van der Waals surface area contributed by atoms with E-state index < -0.39 is 10.8 Å². The van der Waals surface area contributed by atoms with Crippen LogP contribution in [0.3, 0.4) is 0 Å². The number of non-ortho nitro benzene ring substituents is 1. The molecule has 1 aromatic carbocycles. The van der Waals surface area contributed by atoms with Gasteiger partial charge in [-0.25, -0.2) is 0 Å². The molecule has 0 saturated heterocycles. The zero-order chi connectivity index (χ0) is 13.9. The van der Waals surface area contributed by atoms with Crippen LogP contribution in [0, 0.1) is 40.2 Å². The number of nitrogens with zero attached hydrogens (tertiary/aromatic N) is 2. The fourth-order valence-electron chi connectivity index (χ4n) is 1.70. The molecule has 1 atom stereocenters. The SMILES string of the molecule is Cc1cc(C(=O)C(C#N)C(C)C)cc([N+](=O)[O-])c1. The Kier molecular flexibility index (Phi) is 4.16. The number of rotatable bonds is 4. The highest BCUT2D eigenvalue weighted by Gasteiger charge is 2.24. The minimum atomic E-state index is -0.772. The topological polar surface area (TPSA) is 84.0 Å². The Morgan fingerprint density at radius 2 is 2.00 bits per heavy atom. The third kappa shape index (κ3) is 2.92. The van der Waals surface area contributed by atoms with Crippen molar-refractivity contribution in [3.8, 4) is 6.07 Å². The summed E-state index contributed by atoms with van der Waals surface area (Å²) in [5.74, 6) is -1.26. The number of carbonyl (C=O) groups is 1. The van der Waals surface area contributed by atoms with Crippen molar-refractivity contribution in [1.29, 1.82) is 5.26 Å². The van der Waals surface area contributed by atoms with Gasteiger partial charge < -0.3 is 0 Å². The van der Waals surface area contributed by atoms with Crippen LogP contribution >= 0.6 is 0 Å². The summed E-state index contributed by atoms with van der Waals surface area (Å²) in [7, 11) is 0. The van der Waals surface area contributed by atoms with Crippen LogP contribution in [0.2, 0.25) is 0 Å². The van der Waals surface area contributed by atoms with Gasteiger partial charge in [-0.2, -0.15) is 5.26 Å². The third-order valence-electron chi connectivity index (χ3n) is 2.65. The molecule has 5 heteroatoms. The second-order valence-electron chi connectivity index (χ2n) is 4.53. The van der Waals surface area contributed by atoms with E-state index in [2.05, 4.69) is 0 Å². The summed E-state index contributed by atoms with van der Waals surface area (Å²) >= 11 is 0. The van der Waals surface area contributed by atoms with Crippen molar-refractivity contribution >= 4 is 11.5 Å². The zero-order valence-electron chi connectivity index (χ0n) is 10.5. The Bertz CT molecular complexity index is 530. The Morgan fingerprint density at radius 3 is 2.44 bits per heavy atom. The van der Waals surface area contributed by atoms with Crippen LogP contribution in [0.5, 0.6) is 0 Å². The van der Waals surface area contributed by atoms with Crippen molar-refractivity contribution in [3.63, 3.8) is 0 Å². The molecule has 0 aromatic heterocycles. The number of ketones is 1. The van der Waals surface area contributed by atoms with Gasteiger partial charge in [0.05, 0.1) is 11.0 Å². The van der Waals surface area contributed by atoms with Crippen LogP contribution in [0.15, 0.2) is 18.2 Å². The van der Waals surface area contributed by atoms with Crippen molar-refractivity contribution < 1.29 is 9.72 Å². The van der Waals surface area contributed by atoms with E-state index in [1.807, 2.05) is 6.07 Å². The van der Waals surface area contributed by atoms with E-state index >= 15 is 0 Å². The lowest BCUT2D eigenvalue weighted by Gasteiger charge is -2.11. The molecule has 0 aliphatic rings. The van der Waals surface area contributed by atoms with Gasteiger partial charge in [0.25, 0.3) is 5.69 Å². The van der Waals surface area contributed by atoms with Crippen LogP contribution < -0.4 is 0 Å². The lowest BCUT2D eigenvalue weighted by molar-refractivity contribution is -0.384. The average Bonchev–Trinajstić information content (AvgIpc) is 2.28. The Morgan fingerprint density at radius 1 is 1.39 bits per heavy atom. The molecular formula is C13H14N2O3. The molecule has 5 nitrogen and oxygen atoms in total. The first kappa shape index (κ1) is 13.8. The van der Waals surface area contributed by atoms with E-state index in [9.17, 15) is 14.9 Å². The van der Waals surface area contributed by atoms with Crippen LogP contribution in [-0.4, -0.2) is 10.7 Å². The van der Waals surface area contributed by atoms with Gasteiger partial charge in [-0.05, 0) is 24.5 Å². The summed E-state index contributed by atoms with van der Waals surface area (Å²) in [6, 6.07) is 6.14. The van der Waals surface area contributed by atoms with Crippen LogP contribution in [0.4, 0.5) is 5.69 Å². The molecule has 0 aliphatic carbocycles. The van der Waals surface area contributed by atoms with E-state index in [1.165, 1.54) is 12.1 Å². The highest BCUT2D eigenvalue weighted by atomic mass is 16.6. The molecule has 0 fully saturated rings. The number of Topliss-reactive ketones (excluding diaryl/α,β-unsaturated/α-hetero) is 1. The number of nitro benzene ring substituents is 1. The number of carbonyl (C=O) groups excluding carboxylic acids is 1. The lowest BCUT2D eigenvalue weighted by atomic mass is 9.88. The van der Waals surface area contributed by atoms with E-state index in [0.717, 1.165) is 0 Å². The highest BCUT2D eigenvalue weighted by Crippen LogP contribution is 2.22. The number of benzene rings is 1. The van der Waals surface area contributed by atoms with Crippen molar-refractivity contribution in [2.45, 2.75) is 20.8 Å². The van der Waals surface area contributed by atoms with Gasteiger partial charge in [0, 0.05) is 17.7 Å². The van der Waals surface area contributed by atoms with Crippen molar-refractivity contribution in [2.75, 3.05) is 0 Å². The van der Waals surface area contributed by atoms with E-state index in [4.69, 9.17) is 5.26 Å². The largest absolute Gasteiger partial charge is 0.293 e. The second-order valence-corrected chi connectivity index (χ2v) is 4.53. The van der Waals surface area contributed by atoms with E-state index in [-0.39, 0.29) is 23.0 Å². The summed E-state index contributed by atoms with van der Waals surface area (Å²) in [6.07, 6.45) is 0. The van der Waals surface area contributed by atoms with Crippen LogP contribution in [0.1, 0.15) is 29.8 Å². The molecule has 1 rings (SSSR count). The van der Waals surface area contributed by atoms with Crippen molar-refractivity contribution in [2.24, 2.45) is 11.8 Å². The first-order valence-electron chi connectivity index (χ1n) is 5.56. The van der Waals surface area contributed by atoms with Gasteiger partial charge in [0.1, 0.15) is 5.92 Å². The Hall–Kier alpha value is -2.22. The Labute approximate surface area is 105 Å². The maximum atomic E-state index is 12.1. The smallest absolute Gasteiger partial charge is 0.270 e. The van der Waals surface area contributed by atoms with Gasteiger partial charge in [-0.3, -0.25) is 14.9 Å². The predicted octanol–water partition coefficient (Wildman–Crippen LogP) is 2.88. The predicted molar refractivity (Wildman–Crippen MR) is 66.1 cm³/mol. The van der Waals surface area contributed by atoms with Crippen LogP contribution in [-0.2, 0) is 0 Å². The first-order chi connectivity index (χ1) is 8.36. The molecule has 0 spiro atoms. The van der Waals surface area contributed by atoms with Crippen molar-refractivity contribution in [3.05, 3.63) is 39.4 Å². The van der Waals surface area contributed by atoms with E-state index in [0.29, 0.717) is 5.56 Å². The quantitative estimate of drug-likeness (QED) is 0.464. The van der Waals surface area contributed by atoms with E-state index in [1.54, 1.807) is 26.8 Å². The second kappa shape index (κ2) is 5.41. The van der Waals surface area contributed by atoms with Gasteiger partial charge in [-0.1, -0.05) is 13.8 Å². The summed E-state index contributed by atoms with van der Waals surface area (Å²) in [6.45, 7) is 5.23. The van der Waals surface area contributed by atoms with Gasteiger partial charge in [-0.15, -0.1) is 0 Å². The minimum Gasteiger partial charge on any atom is -0.293 e. The number of nitro groups is 1. The zero-order valence-corrected chi connectivity index (χ0v) is 10.5. The fourth-order valence-corrected chi connectivity index (χ4v) is 1.70. The van der Waals surface area contributed by atoms with Crippen LogP contribution in [0.25, 0.3) is 0 Å². The lowest BCUT2D eigenvalue weighted by Crippen LogP contribution is -2.19. The first-order valence-corrected chi connectivity index (χ1v) is 5.56. The van der Waals surface area contributed by atoms with Gasteiger partial charge >= 0.3 is 0 Å². The molecule has 0 bridgehead atoms. The number of nitriles is 1. The molecule has 94 valence electrons. The molecule has 0 N–H and O–H groups in total. The number of hydrogen-bond acceptors (Lipinski definition) is 4. The average molecular weight is 246 g/mol. The molecule has 0 radical (unpaired) electrons. The minimum absolute atomic E-state index is 0.123. The standard InChI is InChI=1S/C13H14N2O3/c1-8(2)12(7-14)13(16)10-4-9(3)5-11(6-10)15(17)18/h4-6,8,12H,1-3H3. The summed E-state index contributed by atoms with van der Waals surface area (Å²) in [4.78, 5) is 22.3. The monoisotopic (exact) mass is 246 g/mol. The number of hydrogen-bond donors (Lipinski definition) is 0. The van der Waals surface area contributed by atoms with Crippen molar-refractivity contribution in [1.82, 2.24) is 0 Å². The molecule has 0 heterocycles. The fraction of sp³-hybridized carbons (Fsp3) is 0.385. The molecule has 18 heavy (non-hydrogen) atoms. The maximum Gasteiger partial charge on any atom is 0.270 e.